The first kappa shape index (κ1) is 27.4. The lowest BCUT2D eigenvalue weighted by Gasteiger charge is -2.47. The predicted molar refractivity (Wildman–Crippen MR) is 111 cm³/mol. The van der Waals surface area contributed by atoms with E-state index in [0.29, 0.717) is 5.75 Å². The Morgan fingerprint density at radius 3 is 2.21 bits per heavy atom. The largest absolute Gasteiger partial charge is 0.497 e. The van der Waals surface area contributed by atoms with E-state index in [1.165, 1.54) is 45.2 Å². The average molecular weight is 490 g/mol. The summed E-state index contributed by atoms with van der Waals surface area (Å²) < 4.78 is 40.2. The lowest BCUT2D eigenvalue weighted by Crippen LogP contribution is -2.74. The Labute approximate surface area is 193 Å². The second-order valence-corrected chi connectivity index (χ2v) is 8.09. The highest BCUT2D eigenvalue weighted by molar-refractivity contribution is 5.94. The Kier molecular flexibility index (Phi) is 8.89. The first-order valence-corrected chi connectivity index (χ1v) is 10.3. The molecule has 2 unspecified atom stereocenters. The predicted octanol–water partition coefficient (Wildman–Crippen LogP) is -0.864. The normalized spacial score (nSPS) is 28.6. The smallest absolute Gasteiger partial charge is 0.372 e. The van der Waals surface area contributed by atoms with E-state index in [2.05, 4.69) is 10.6 Å². The van der Waals surface area contributed by atoms with Crippen molar-refractivity contribution in [1.82, 2.24) is 10.6 Å². The molecule has 2 rings (SSSR count). The van der Waals surface area contributed by atoms with Gasteiger partial charge in [-0.2, -0.15) is 4.39 Å². The number of hydrogen-bond acceptors (Lipinski definition) is 8. The molecular weight excluding hydrogens is 462 g/mol. The number of carbonyl (C=O) groups is 3. The molecule has 1 aliphatic heterocycles. The van der Waals surface area contributed by atoms with E-state index in [9.17, 15) is 29.7 Å². The van der Waals surface area contributed by atoms with Gasteiger partial charge in [0.1, 0.15) is 24.1 Å². The third-order valence-electron chi connectivity index (χ3n) is 5.41. The molecule has 0 bridgehead atoms. The molecule has 190 valence electrons. The van der Waals surface area contributed by atoms with Crippen molar-refractivity contribution >= 4 is 17.8 Å². The highest BCUT2D eigenvalue weighted by Gasteiger charge is 2.63. The fourth-order valence-corrected chi connectivity index (χ4v) is 3.37. The maximum absolute atomic E-state index is 15.3. The van der Waals surface area contributed by atoms with Gasteiger partial charge in [-0.25, -0.2) is 9.18 Å². The SMILES string of the molecule is COc1ccc(C(=O)N[C@H]2C(F)C(F)(C(=O)O)O[C@@H]([C@H](O)[C@H](O)CO)[C@@H]2NC(=O)C(C)C)cc1. The minimum absolute atomic E-state index is 0.0271. The molecule has 34 heavy (non-hydrogen) atoms. The second-order valence-electron chi connectivity index (χ2n) is 8.09. The van der Waals surface area contributed by atoms with Gasteiger partial charge in [-0.3, -0.25) is 9.59 Å². The molecule has 0 aromatic heterocycles. The zero-order chi connectivity index (χ0) is 25.8. The van der Waals surface area contributed by atoms with Gasteiger partial charge in [0.25, 0.3) is 5.91 Å². The van der Waals surface area contributed by atoms with Crippen LogP contribution in [0.3, 0.4) is 0 Å². The third-order valence-corrected chi connectivity index (χ3v) is 5.41. The zero-order valence-electron chi connectivity index (χ0n) is 18.6. The molecule has 1 aromatic carbocycles. The van der Waals surface area contributed by atoms with E-state index >= 15 is 8.78 Å². The summed E-state index contributed by atoms with van der Waals surface area (Å²) in [5.74, 6) is -8.41. The van der Waals surface area contributed by atoms with Crippen molar-refractivity contribution in [2.75, 3.05) is 13.7 Å². The van der Waals surface area contributed by atoms with Crippen LogP contribution < -0.4 is 15.4 Å². The second kappa shape index (κ2) is 11.0. The molecule has 1 fully saturated rings. The minimum Gasteiger partial charge on any atom is -0.497 e. The fraction of sp³-hybridized carbons (Fsp3) is 0.571. The van der Waals surface area contributed by atoms with Crippen LogP contribution in [0.5, 0.6) is 5.75 Å². The quantitative estimate of drug-likeness (QED) is 0.257. The van der Waals surface area contributed by atoms with Gasteiger partial charge in [0, 0.05) is 11.5 Å². The summed E-state index contributed by atoms with van der Waals surface area (Å²) in [6.07, 6.45) is -9.24. The number of carbonyl (C=O) groups excluding carboxylic acids is 2. The number of halogens is 2. The third kappa shape index (κ3) is 5.60. The zero-order valence-corrected chi connectivity index (χ0v) is 18.6. The van der Waals surface area contributed by atoms with Crippen LogP contribution in [0.15, 0.2) is 24.3 Å². The average Bonchev–Trinajstić information content (AvgIpc) is 2.82. The molecule has 0 aliphatic carbocycles. The number of ether oxygens (including phenoxy) is 2. The topological polar surface area (TPSA) is 175 Å². The number of alkyl halides is 2. The molecule has 0 radical (unpaired) electrons. The van der Waals surface area contributed by atoms with Gasteiger partial charge in [0.15, 0.2) is 6.17 Å². The van der Waals surface area contributed by atoms with Crippen molar-refractivity contribution in [3.8, 4) is 5.75 Å². The number of methoxy groups -OCH3 is 1. The lowest BCUT2D eigenvalue weighted by atomic mass is 9.85. The summed E-state index contributed by atoms with van der Waals surface area (Å²) in [5.41, 5.74) is -0.0271. The first-order valence-electron chi connectivity index (χ1n) is 10.3. The molecule has 1 heterocycles. The van der Waals surface area contributed by atoms with Crippen LogP contribution >= 0.6 is 0 Å². The maximum Gasteiger partial charge on any atom is 0.372 e. The Morgan fingerprint density at radius 2 is 1.74 bits per heavy atom. The van der Waals surface area contributed by atoms with Crippen LogP contribution in [0.4, 0.5) is 8.78 Å². The van der Waals surface area contributed by atoms with Crippen molar-refractivity contribution in [2.24, 2.45) is 5.92 Å². The number of aliphatic hydroxyl groups excluding tert-OH is 3. The van der Waals surface area contributed by atoms with Gasteiger partial charge in [0.05, 0.1) is 25.8 Å². The van der Waals surface area contributed by atoms with Gasteiger partial charge in [-0.15, -0.1) is 0 Å². The van der Waals surface area contributed by atoms with Crippen molar-refractivity contribution in [1.29, 1.82) is 0 Å². The van der Waals surface area contributed by atoms with Gasteiger partial charge in [-0.1, -0.05) is 13.8 Å². The van der Waals surface area contributed by atoms with Crippen molar-refractivity contribution in [3.05, 3.63) is 29.8 Å². The Hall–Kier alpha value is -2.87. The number of aliphatic hydroxyl groups is 3. The van der Waals surface area contributed by atoms with Gasteiger partial charge in [-0.05, 0) is 24.3 Å². The van der Waals surface area contributed by atoms with E-state index in [4.69, 9.17) is 14.6 Å². The lowest BCUT2D eigenvalue weighted by molar-refractivity contribution is -0.277. The molecule has 6 N–H and O–H groups in total. The molecule has 11 nitrogen and oxygen atoms in total. The number of nitrogens with one attached hydrogen (secondary N) is 2. The van der Waals surface area contributed by atoms with Crippen molar-refractivity contribution < 1.29 is 53.1 Å². The van der Waals surface area contributed by atoms with E-state index in [-0.39, 0.29) is 5.56 Å². The number of hydrogen-bond donors (Lipinski definition) is 6. The van der Waals surface area contributed by atoms with E-state index in [1.807, 2.05) is 0 Å². The first-order chi connectivity index (χ1) is 15.9. The molecule has 0 spiro atoms. The maximum atomic E-state index is 15.3. The number of amides is 2. The Bertz CT molecular complexity index is 885. The van der Waals surface area contributed by atoms with E-state index in [0.717, 1.165) is 0 Å². The molecule has 2 amide bonds. The van der Waals surface area contributed by atoms with E-state index in [1.54, 1.807) is 0 Å². The van der Waals surface area contributed by atoms with E-state index < -0.39 is 72.7 Å². The standard InChI is InChI=1S/C21H28F2N2O9/c1-9(2)18(29)24-13-14(25-19(30)10-4-6-11(33-3)7-5-10)17(22)21(23,20(31)32)34-16(13)15(28)12(27)8-26/h4-7,9,12-17,26-28H,8H2,1-3H3,(H,24,29)(H,25,30)(H,31,32)/t12-,13-,14-,15-,16-,17?,21?/m1/s1. The summed E-state index contributed by atoms with van der Waals surface area (Å²) in [6, 6.07) is 1.67. The molecule has 1 aliphatic rings. The number of benzene rings is 1. The van der Waals surface area contributed by atoms with Crippen LogP contribution in [0.1, 0.15) is 24.2 Å². The monoisotopic (exact) mass is 490 g/mol. The minimum atomic E-state index is -4.06. The summed E-state index contributed by atoms with van der Waals surface area (Å²) in [6.45, 7) is 1.91. The Morgan fingerprint density at radius 1 is 1.15 bits per heavy atom. The van der Waals surface area contributed by atoms with Crippen LogP contribution in [-0.4, -0.2) is 94.3 Å². The van der Waals surface area contributed by atoms with Crippen LogP contribution in [-0.2, 0) is 14.3 Å². The number of rotatable bonds is 9. The van der Waals surface area contributed by atoms with Crippen LogP contribution in [0, 0.1) is 5.92 Å². The molecule has 13 heteroatoms. The van der Waals surface area contributed by atoms with Crippen LogP contribution in [0.2, 0.25) is 0 Å². The van der Waals surface area contributed by atoms with Gasteiger partial charge in [0.2, 0.25) is 5.91 Å². The molecular formula is C21H28F2N2O9. The molecule has 7 atom stereocenters. The van der Waals surface area contributed by atoms with Gasteiger partial charge < -0.3 is 40.5 Å². The summed E-state index contributed by atoms with van der Waals surface area (Å²) >= 11 is 0. The molecule has 0 saturated carbocycles. The molecule has 1 saturated heterocycles. The van der Waals surface area contributed by atoms with Crippen molar-refractivity contribution in [3.63, 3.8) is 0 Å². The summed E-state index contributed by atoms with van der Waals surface area (Å²) in [5, 5.41) is 43.2. The molecule has 1 aromatic rings. The highest BCUT2D eigenvalue weighted by atomic mass is 19.2. The number of carboxylic acid groups (broad SMARTS) is 1. The number of carboxylic acids is 1. The summed E-state index contributed by atoms with van der Waals surface area (Å²) in [4.78, 5) is 36.7. The highest BCUT2D eigenvalue weighted by Crippen LogP contribution is 2.36. The summed E-state index contributed by atoms with van der Waals surface area (Å²) in [7, 11) is 1.39. The van der Waals surface area contributed by atoms with Crippen molar-refractivity contribution in [2.45, 2.75) is 56.3 Å². The number of aliphatic carboxylic acids is 1. The van der Waals surface area contributed by atoms with Gasteiger partial charge >= 0.3 is 11.8 Å². The van der Waals surface area contributed by atoms with Crippen LogP contribution in [0.25, 0.3) is 0 Å². The fourth-order valence-electron chi connectivity index (χ4n) is 3.37. The Balaban J connectivity index is 2.51.